The van der Waals surface area contributed by atoms with Gasteiger partial charge in [0.2, 0.25) is 0 Å². The number of carboxylic acid groups (broad SMARTS) is 1. The second-order valence-electron chi connectivity index (χ2n) is 3.97. The zero-order chi connectivity index (χ0) is 14.3. The van der Waals surface area contributed by atoms with Gasteiger partial charge in [-0.1, -0.05) is 0 Å². The van der Waals surface area contributed by atoms with Crippen LogP contribution in [0.3, 0.4) is 0 Å². The van der Waals surface area contributed by atoms with Gasteiger partial charge in [-0.2, -0.15) is 0 Å². The molecule has 0 heterocycles. The van der Waals surface area contributed by atoms with Crippen molar-refractivity contribution in [1.82, 2.24) is 5.32 Å². The summed E-state index contributed by atoms with van der Waals surface area (Å²) in [6, 6.07) is 5.16. The van der Waals surface area contributed by atoms with E-state index >= 15 is 0 Å². The number of hydrogen-bond acceptors (Lipinski definition) is 5. The number of rotatable bonds is 8. The minimum absolute atomic E-state index is 0.0158. The van der Waals surface area contributed by atoms with Crippen molar-refractivity contribution in [2.24, 2.45) is 0 Å². The molecule has 106 valence electrons. The molecule has 0 aromatic heterocycles. The summed E-state index contributed by atoms with van der Waals surface area (Å²) in [5.41, 5.74) is 0.602. The van der Waals surface area contributed by atoms with Gasteiger partial charge in [0, 0.05) is 18.7 Å². The standard InChI is InChI=1S/C13H19NO5/c1-18-9-3-4-12(19-2)10(7-9)11(15)8-14-6-5-13(16)17/h3-4,7,11,14-15H,5-6,8H2,1-2H3,(H,16,17). The summed E-state index contributed by atoms with van der Waals surface area (Å²) < 4.78 is 10.3. The van der Waals surface area contributed by atoms with E-state index < -0.39 is 12.1 Å². The predicted molar refractivity (Wildman–Crippen MR) is 69.6 cm³/mol. The van der Waals surface area contributed by atoms with E-state index in [1.54, 1.807) is 25.3 Å². The largest absolute Gasteiger partial charge is 0.497 e. The summed E-state index contributed by atoms with van der Waals surface area (Å²) in [6.45, 7) is 0.551. The van der Waals surface area contributed by atoms with Gasteiger partial charge in [-0.05, 0) is 18.2 Å². The van der Waals surface area contributed by atoms with Gasteiger partial charge < -0.3 is 25.0 Å². The lowest BCUT2D eigenvalue weighted by Crippen LogP contribution is -2.24. The van der Waals surface area contributed by atoms with E-state index in [0.717, 1.165) is 0 Å². The number of methoxy groups -OCH3 is 2. The zero-order valence-electron chi connectivity index (χ0n) is 11.0. The minimum Gasteiger partial charge on any atom is -0.497 e. The number of ether oxygens (including phenoxy) is 2. The maximum absolute atomic E-state index is 10.4. The third-order valence-electron chi connectivity index (χ3n) is 2.65. The Morgan fingerprint density at radius 3 is 2.68 bits per heavy atom. The van der Waals surface area contributed by atoms with Gasteiger partial charge in [-0.3, -0.25) is 4.79 Å². The van der Waals surface area contributed by atoms with E-state index in [2.05, 4.69) is 5.32 Å². The fraction of sp³-hybridized carbons (Fsp3) is 0.462. The Labute approximate surface area is 112 Å². The van der Waals surface area contributed by atoms with Gasteiger partial charge in [-0.15, -0.1) is 0 Å². The fourth-order valence-corrected chi connectivity index (χ4v) is 1.64. The van der Waals surface area contributed by atoms with E-state index in [9.17, 15) is 9.90 Å². The van der Waals surface area contributed by atoms with Crippen molar-refractivity contribution >= 4 is 5.97 Å². The van der Waals surface area contributed by atoms with Crippen LogP contribution in [-0.4, -0.2) is 43.5 Å². The molecule has 1 aromatic rings. The third-order valence-corrected chi connectivity index (χ3v) is 2.65. The molecule has 0 radical (unpaired) electrons. The second-order valence-corrected chi connectivity index (χ2v) is 3.97. The summed E-state index contributed by atoms with van der Waals surface area (Å²) in [7, 11) is 3.07. The van der Waals surface area contributed by atoms with Crippen molar-refractivity contribution in [3.05, 3.63) is 23.8 Å². The molecule has 1 aromatic carbocycles. The molecule has 1 rings (SSSR count). The van der Waals surface area contributed by atoms with Gasteiger partial charge in [-0.25, -0.2) is 0 Å². The van der Waals surface area contributed by atoms with Crippen LogP contribution in [0.15, 0.2) is 18.2 Å². The lowest BCUT2D eigenvalue weighted by molar-refractivity contribution is -0.136. The summed E-state index contributed by atoms with van der Waals surface area (Å²) in [5.74, 6) is 0.315. The molecule has 0 saturated carbocycles. The average molecular weight is 269 g/mol. The number of hydrogen-bond donors (Lipinski definition) is 3. The Morgan fingerprint density at radius 1 is 1.37 bits per heavy atom. The molecule has 1 unspecified atom stereocenters. The normalized spacial score (nSPS) is 11.9. The molecule has 0 amide bonds. The second kappa shape index (κ2) is 7.60. The van der Waals surface area contributed by atoms with Crippen molar-refractivity contribution in [3.8, 4) is 11.5 Å². The highest BCUT2D eigenvalue weighted by Gasteiger charge is 2.14. The lowest BCUT2D eigenvalue weighted by atomic mass is 10.1. The third kappa shape index (κ3) is 4.76. The van der Waals surface area contributed by atoms with Gasteiger partial charge in [0.1, 0.15) is 11.5 Å². The molecular formula is C13H19NO5. The molecule has 0 aliphatic carbocycles. The molecule has 6 heteroatoms. The van der Waals surface area contributed by atoms with Gasteiger partial charge in [0.05, 0.1) is 26.7 Å². The first-order valence-corrected chi connectivity index (χ1v) is 5.91. The van der Waals surface area contributed by atoms with Gasteiger partial charge >= 0.3 is 5.97 Å². The number of aliphatic carboxylic acids is 1. The highest BCUT2D eigenvalue weighted by atomic mass is 16.5. The highest BCUT2D eigenvalue weighted by molar-refractivity contribution is 5.66. The number of nitrogens with one attached hydrogen (secondary N) is 1. The smallest absolute Gasteiger partial charge is 0.304 e. The van der Waals surface area contributed by atoms with E-state index in [1.807, 2.05) is 0 Å². The van der Waals surface area contributed by atoms with E-state index in [1.165, 1.54) is 7.11 Å². The van der Waals surface area contributed by atoms with Crippen molar-refractivity contribution in [2.45, 2.75) is 12.5 Å². The van der Waals surface area contributed by atoms with Crippen LogP contribution < -0.4 is 14.8 Å². The first-order valence-electron chi connectivity index (χ1n) is 5.91. The Morgan fingerprint density at radius 2 is 2.11 bits per heavy atom. The molecule has 0 aliphatic rings. The first-order chi connectivity index (χ1) is 9.08. The van der Waals surface area contributed by atoms with Crippen LogP contribution in [0.2, 0.25) is 0 Å². The van der Waals surface area contributed by atoms with Crippen LogP contribution in [-0.2, 0) is 4.79 Å². The Balaban J connectivity index is 2.63. The number of benzene rings is 1. The molecule has 0 fully saturated rings. The molecule has 3 N–H and O–H groups in total. The van der Waals surface area contributed by atoms with Crippen molar-refractivity contribution in [3.63, 3.8) is 0 Å². The number of aliphatic hydroxyl groups is 1. The van der Waals surface area contributed by atoms with Crippen LogP contribution in [0, 0.1) is 0 Å². The van der Waals surface area contributed by atoms with E-state index in [4.69, 9.17) is 14.6 Å². The van der Waals surface area contributed by atoms with E-state index in [-0.39, 0.29) is 13.0 Å². The number of carboxylic acids is 1. The molecule has 6 nitrogen and oxygen atoms in total. The van der Waals surface area contributed by atoms with Gasteiger partial charge in [0.15, 0.2) is 0 Å². The Hall–Kier alpha value is -1.79. The molecule has 0 aliphatic heterocycles. The lowest BCUT2D eigenvalue weighted by Gasteiger charge is -2.16. The Kier molecular flexibility index (Phi) is 6.11. The maximum Gasteiger partial charge on any atom is 0.304 e. The summed E-state index contributed by atoms with van der Waals surface area (Å²) in [6.07, 6.45) is -0.777. The highest BCUT2D eigenvalue weighted by Crippen LogP contribution is 2.28. The fourth-order valence-electron chi connectivity index (χ4n) is 1.64. The van der Waals surface area contributed by atoms with Crippen molar-refractivity contribution in [2.75, 3.05) is 27.3 Å². The zero-order valence-corrected chi connectivity index (χ0v) is 11.0. The van der Waals surface area contributed by atoms with E-state index in [0.29, 0.717) is 23.6 Å². The van der Waals surface area contributed by atoms with Crippen LogP contribution in [0.5, 0.6) is 11.5 Å². The van der Waals surface area contributed by atoms with Crippen LogP contribution in [0.4, 0.5) is 0 Å². The predicted octanol–water partition coefficient (Wildman–Crippen LogP) is 0.801. The molecule has 0 saturated heterocycles. The Bertz CT molecular complexity index is 421. The minimum atomic E-state index is -0.874. The summed E-state index contributed by atoms with van der Waals surface area (Å²) >= 11 is 0. The SMILES string of the molecule is COc1ccc(OC)c(C(O)CNCCC(=O)O)c1. The summed E-state index contributed by atoms with van der Waals surface area (Å²) in [5, 5.41) is 21.5. The molecule has 0 spiro atoms. The first kappa shape index (κ1) is 15.3. The maximum atomic E-state index is 10.4. The van der Waals surface area contributed by atoms with Crippen molar-refractivity contribution in [1.29, 1.82) is 0 Å². The topological polar surface area (TPSA) is 88.0 Å². The average Bonchev–Trinajstić information content (AvgIpc) is 2.42. The molecule has 0 bridgehead atoms. The molecule has 19 heavy (non-hydrogen) atoms. The number of aliphatic hydroxyl groups excluding tert-OH is 1. The van der Waals surface area contributed by atoms with Gasteiger partial charge in [0.25, 0.3) is 0 Å². The van der Waals surface area contributed by atoms with Crippen LogP contribution in [0.1, 0.15) is 18.1 Å². The molecule has 1 atom stereocenters. The van der Waals surface area contributed by atoms with Crippen LogP contribution in [0.25, 0.3) is 0 Å². The quantitative estimate of drug-likeness (QED) is 0.605. The summed E-state index contributed by atoms with van der Waals surface area (Å²) in [4.78, 5) is 10.4. The van der Waals surface area contributed by atoms with Crippen molar-refractivity contribution < 1.29 is 24.5 Å². The molecular weight excluding hydrogens is 250 g/mol. The number of carbonyl (C=O) groups is 1. The van der Waals surface area contributed by atoms with Crippen LogP contribution >= 0.6 is 0 Å². The monoisotopic (exact) mass is 269 g/mol.